The lowest BCUT2D eigenvalue weighted by atomic mass is 10.0. The Hall–Kier alpha value is -6.84. The molecule has 51 heavy (non-hydrogen) atoms. The van der Waals surface area contributed by atoms with Gasteiger partial charge in [0.25, 0.3) is 0 Å². The van der Waals surface area contributed by atoms with Gasteiger partial charge in [-0.15, -0.1) is 0 Å². The van der Waals surface area contributed by atoms with E-state index in [0.29, 0.717) is 0 Å². The maximum absolute atomic E-state index is 2.46. The molecule has 0 saturated carbocycles. The second-order valence-corrected chi connectivity index (χ2v) is 13.0. The van der Waals surface area contributed by atoms with Crippen molar-refractivity contribution in [1.82, 2.24) is 9.13 Å². The summed E-state index contributed by atoms with van der Waals surface area (Å²) in [5.41, 5.74) is 12.9. The Morgan fingerprint density at radius 1 is 0.294 bits per heavy atom. The van der Waals surface area contributed by atoms with Gasteiger partial charge in [-0.1, -0.05) is 121 Å². The number of benzene rings is 8. The number of hydrogen-bond acceptors (Lipinski definition) is 1. The zero-order chi connectivity index (χ0) is 33.7. The van der Waals surface area contributed by atoms with Crippen LogP contribution in [0.15, 0.2) is 200 Å². The molecular weight excluding hydrogens is 619 g/mol. The number of fused-ring (bicyclic) bond motifs is 7. The molecular formula is C48H33N3. The molecule has 0 N–H and O–H groups in total. The van der Waals surface area contributed by atoms with Gasteiger partial charge in [-0.25, -0.2) is 0 Å². The fourth-order valence-electron chi connectivity index (χ4n) is 7.84. The van der Waals surface area contributed by atoms with Gasteiger partial charge in [0.15, 0.2) is 0 Å². The van der Waals surface area contributed by atoms with Crippen LogP contribution < -0.4 is 4.90 Å². The molecule has 0 bridgehead atoms. The summed E-state index contributed by atoms with van der Waals surface area (Å²) >= 11 is 0. The van der Waals surface area contributed by atoms with E-state index in [-0.39, 0.29) is 0 Å². The number of hydrogen-bond donors (Lipinski definition) is 0. The van der Waals surface area contributed by atoms with Gasteiger partial charge in [0.2, 0.25) is 0 Å². The molecule has 0 atom stereocenters. The molecule has 3 nitrogen and oxygen atoms in total. The summed E-state index contributed by atoms with van der Waals surface area (Å²) in [4.78, 5) is 2.30. The highest BCUT2D eigenvalue weighted by Crippen LogP contribution is 2.42. The molecule has 0 fully saturated rings. The summed E-state index contributed by atoms with van der Waals surface area (Å²) in [6.07, 6.45) is 0. The predicted molar refractivity (Wildman–Crippen MR) is 215 cm³/mol. The standard InChI is InChI=1S/C48H33N3/c1-4-14-36(15-5-1)49(37-16-6-2-7-17-37)39-28-24-34(25-29-39)35-26-30-40(31-27-35)51-44-22-12-10-20-41(44)42-32-33-46-47(48(42)51)43-21-11-13-23-45(43)50(46)38-18-8-3-9-19-38/h1-33H. The van der Waals surface area contributed by atoms with Gasteiger partial charge >= 0.3 is 0 Å². The number of nitrogens with zero attached hydrogens (tertiary/aromatic N) is 3. The third-order valence-corrected chi connectivity index (χ3v) is 10.1. The van der Waals surface area contributed by atoms with Gasteiger partial charge in [0, 0.05) is 50.0 Å². The third kappa shape index (κ3) is 4.74. The van der Waals surface area contributed by atoms with E-state index in [2.05, 4.69) is 214 Å². The van der Waals surface area contributed by atoms with Crippen molar-refractivity contribution in [1.29, 1.82) is 0 Å². The molecule has 10 aromatic rings. The normalized spacial score (nSPS) is 11.5. The zero-order valence-corrected chi connectivity index (χ0v) is 27.9. The number of anilines is 3. The van der Waals surface area contributed by atoms with E-state index >= 15 is 0 Å². The first-order valence-electron chi connectivity index (χ1n) is 17.5. The zero-order valence-electron chi connectivity index (χ0n) is 27.9. The second-order valence-electron chi connectivity index (χ2n) is 13.0. The van der Waals surface area contributed by atoms with Crippen molar-refractivity contribution >= 4 is 60.7 Å². The highest BCUT2D eigenvalue weighted by molar-refractivity contribution is 6.26. The Kier molecular flexibility index (Phi) is 6.81. The average molecular weight is 652 g/mol. The first-order chi connectivity index (χ1) is 25.3. The summed E-state index contributed by atoms with van der Waals surface area (Å²) in [7, 11) is 0. The van der Waals surface area contributed by atoms with E-state index in [1.165, 1.54) is 54.7 Å². The van der Waals surface area contributed by atoms with Gasteiger partial charge in [0.05, 0.1) is 22.1 Å². The Morgan fingerprint density at radius 2 is 0.765 bits per heavy atom. The molecule has 2 heterocycles. The maximum Gasteiger partial charge on any atom is 0.0641 e. The predicted octanol–water partition coefficient (Wildman–Crippen LogP) is 13.0. The van der Waals surface area contributed by atoms with E-state index < -0.39 is 0 Å². The van der Waals surface area contributed by atoms with Gasteiger partial charge in [-0.2, -0.15) is 0 Å². The monoisotopic (exact) mass is 651 g/mol. The lowest BCUT2D eigenvalue weighted by molar-refractivity contribution is 1.17. The molecule has 0 aliphatic rings. The van der Waals surface area contributed by atoms with E-state index in [4.69, 9.17) is 0 Å². The Bertz CT molecular complexity index is 2770. The van der Waals surface area contributed by atoms with Crippen LogP contribution in [0.1, 0.15) is 0 Å². The smallest absolute Gasteiger partial charge is 0.0641 e. The van der Waals surface area contributed by atoms with Crippen molar-refractivity contribution < 1.29 is 0 Å². The molecule has 240 valence electrons. The van der Waals surface area contributed by atoms with E-state index in [9.17, 15) is 0 Å². The van der Waals surface area contributed by atoms with E-state index in [0.717, 1.165) is 28.4 Å². The van der Waals surface area contributed by atoms with Crippen molar-refractivity contribution in [3.05, 3.63) is 200 Å². The van der Waals surface area contributed by atoms with E-state index in [1.807, 2.05) is 0 Å². The van der Waals surface area contributed by atoms with Gasteiger partial charge in [-0.3, -0.25) is 0 Å². The van der Waals surface area contributed by atoms with Crippen LogP contribution in [0.3, 0.4) is 0 Å². The van der Waals surface area contributed by atoms with Crippen LogP contribution in [-0.4, -0.2) is 9.13 Å². The van der Waals surface area contributed by atoms with Crippen LogP contribution in [-0.2, 0) is 0 Å². The SMILES string of the molecule is c1ccc(N(c2ccccc2)c2ccc(-c3ccc(-n4c5ccccc5c5ccc6c(c7ccccc7n6-c6ccccc6)c54)cc3)cc2)cc1. The first kappa shape index (κ1) is 29.1. The Morgan fingerprint density at radius 3 is 1.39 bits per heavy atom. The van der Waals surface area contributed by atoms with Crippen LogP contribution in [0.2, 0.25) is 0 Å². The molecule has 10 rings (SSSR count). The fraction of sp³-hybridized carbons (Fsp3) is 0. The topological polar surface area (TPSA) is 13.1 Å². The summed E-state index contributed by atoms with van der Waals surface area (Å²) in [5.74, 6) is 0. The van der Waals surface area contributed by atoms with Crippen molar-refractivity contribution in [3.63, 3.8) is 0 Å². The molecule has 0 amide bonds. The van der Waals surface area contributed by atoms with Crippen LogP contribution in [0.5, 0.6) is 0 Å². The van der Waals surface area contributed by atoms with Gasteiger partial charge < -0.3 is 14.0 Å². The molecule has 0 aliphatic carbocycles. The molecule has 0 spiro atoms. The second kappa shape index (κ2) is 11.9. The quantitative estimate of drug-likeness (QED) is 0.174. The Labute approximate surface area is 296 Å². The highest BCUT2D eigenvalue weighted by atomic mass is 15.1. The number of para-hydroxylation sites is 5. The summed E-state index contributed by atoms with van der Waals surface area (Å²) in [6.45, 7) is 0. The largest absolute Gasteiger partial charge is 0.311 e. The minimum Gasteiger partial charge on any atom is -0.311 e. The molecule has 0 saturated heterocycles. The van der Waals surface area contributed by atoms with Crippen molar-refractivity contribution in [2.75, 3.05) is 4.90 Å². The summed E-state index contributed by atoms with van der Waals surface area (Å²) < 4.78 is 4.86. The summed E-state index contributed by atoms with van der Waals surface area (Å²) in [6, 6.07) is 71.9. The van der Waals surface area contributed by atoms with Crippen LogP contribution in [0.25, 0.3) is 66.1 Å². The lowest BCUT2D eigenvalue weighted by Crippen LogP contribution is -2.09. The minimum atomic E-state index is 1.12. The van der Waals surface area contributed by atoms with Crippen LogP contribution in [0.4, 0.5) is 17.1 Å². The van der Waals surface area contributed by atoms with Crippen molar-refractivity contribution in [2.45, 2.75) is 0 Å². The lowest BCUT2D eigenvalue weighted by Gasteiger charge is -2.25. The number of rotatable bonds is 6. The average Bonchev–Trinajstić information content (AvgIpc) is 3.73. The fourth-order valence-corrected chi connectivity index (χ4v) is 7.84. The maximum atomic E-state index is 2.46. The summed E-state index contributed by atoms with van der Waals surface area (Å²) in [5, 5.41) is 5.04. The van der Waals surface area contributed by atoms with Crippen molar-refractivity contribution in [2.24, 2.45) is 0 Å². The molecule has 8 aromatic carbocycles. The minimum absolute atomic E-state index is 1.12. The van der Waals surface area contributed by atoms with E-state index in [1.54, 1.807) is 0 Å². The number of aromatic nitrogens is 2. The van der Waals surface area contributed by atoms with Crippen LogP contribution in [0, 0.1) is 0 Å². The molecule has 0 radical (unpaired) electrons. The van der Waals surface area contributed by atoms with Gasteiger partial charge in [0.1, 0.15) is 0 Å². The molecule has 2 aromatic heterocycles. The third-order valence-electron chi connectivity index (χ3n) is 10.1. The molecule has 3 heteroatoms. The molecule has 0 aliphatic heterocycles. The van der Waals surface area contributed by atoms with Crippen molar-refractivity contribution in [3.8, 4) is 22.5 Å². The van der Waals surface area contributed by atoms with Crippen LogP contribution >= 0.6 is 0 Å². The first-order valence-corrected chi connectivity index (χ1v) is 17.5. The molecule has 0 unspecified atom stereocenters. The Balaban J connectivity index is 1.11. The highest BCUT2D eigenvalue weighted by Gasteiger charge is 2.20. The van der Waals surface area contributed by atoms with Gasteiger partial charge in [-0.05, 0) is 90.0 Å².